The van der Waals surface area contributed by atoms with Crippen molar-refractivity contribution in [1.29, 1.82) is 0 Å². The van der Waals surface area contributed by atoms with Gasteiger partial charge in [0.1, 0.15) is 17.9 Å². The molecule has 0 fully saturated rings. The van der Waals surface area contributed by atoms with Crippen molar-refractivity contribution in [3.63, 3.8) is 0 Å². The van der Waals surface area contributed by atoms with Crippen LogP contribution in [0.3, 0.4) is 0 Å². The second-order valence-corrected chi connectivity index (χ2v) is 5.85. The molecule has 3 rings (SSSR count). The number of aryl methyl sites for hydroxylation is 1. The number of ether oxygens (including phenoxy) is 2. The molecule has 7 heteroatoms. The van der Waals surface area contributed by atoms with Crippen LogP contribution in [0, 0.1) is 0 Å². The zero-order chi connectivity index (χ0) is 17.1. The minimum absolute atomic E-state index is 0.0317. The maximum Gasteiger partial charge on any atom is 0.343 e. The lowest BCUT2D eigenvalue weighted by atomic mass is 10.1. The normalized spacial score (nSPS) is 13.3. The summed E-state index contributed by atoms with van der Waals surface area (Å²) in [5, 5.41) is 9.77. The molecule has 2 aromatic rings. The number of anilines is 1. The number of methoxy groups -OCH3 is 1. The predicted molar refractivity (Wildman–Crippen MR) is 89.7 cm³/mol. The Hall–Kier alpha value is -2.34. The molecule has 0 amide bonds. The van der Waals surface area contributed by atoms with Gasteiger partial charge in [-0.1, -0.05) is 11.6 Å². The van der Waals surface area contributed by atoms with Gasteiger partial charge in [0.2, 0.25) is 0 Å². The molecule has 1 aromatic heterocycles. The van der Waals surface area contributed by atoms with Crippen LogP contribution < -0.4 is 14.4 Å². The Morgan fingerprint density at radius 2 is 2.33 bits per heavy atom. The van der Waals surface area contributed by atoms with E-state index >= 15 is 0 Å². The maximum absolute atomic E-state index is 11.6. The van der Waals surface area contributed by atoms with Crippen LogP contribution in [0.15, 0.2) is 28.9 Å². The topological polar surface area (TPSA) is 72.1 Å². The lowest BCUT2D eigenvalue weighted by Crippen LogP contribution is -2.34. The fourth-order valence-corrected chi connectivity index (χ4v) is 3.16. The highest BCUT2D eigenvalue weighted by atomic mass is 35.5. The molecule has 0 atom stereocenters. The number of fused-ring (bicyclic) bond motifs is 1. The molecule has 1 aliphatic rings. The SMILES string of the molecule is COc1c(Cl)cc2c(c1C(=O)O)OCCN2CCCc1ccco1. The van der Waals surface area contributed by atoms with Crippen LogP contribution in [0.1, 0.15) is 22.5 Å². The third-order valence-electron chi connectivity index (χ3n) is 3.96. The number of carboxylic acids is 1. The van der Waals surface area contributed by atoms with Crippen molar-refractivity contribution in [2.75, 3.05) is 31.7 Å². The van der Waals surface area contributed by atoms with E-state index in [-0.39, 0.29) is 16.3 Å². The number of furan rings is 1. The van der Waals surface area contributed by atoms with Crippen LogP contribution in [0.2, 0.25) is 5.02 Å². The van der Waals surface area contributed by atoms with E-state index in [0.717, 1.165) is 25.1 Å². The van der Waals surface area contributed by atoms with E-state index in [4.69, 9.17) is 25.5 Å². The molecule has 6 nitrogen and oxygen atoms in total. The summed E-state index contributed by atoms with van der Waals surface area (Å²) in [6, 6.07) is 5.51. The van der Waals surface area contributed by atoms with Crippen molar-refractivity contribution in [3.8, 4) is 11.5 Å². The highest BCUT2D eigenvalue weighted by Gasteiger charge is 2.29. The molecular weight excluding hydrogens is 334 g/mol. The van der Waals surface area contributed by atoms with E-state index in [1.807, 2.05) is 12.1 Å². The fraction of sp³-hybridized carbons (Fsp3) is 0.353. The van der Waals surface area contributed by atoms with Gasteiger partial charge < -0.3 is 23.9 Å². The zero-order valence-electron chi connectivity index (χ0n) is 13.3. The highest BCUT2D eigenvalue weighted by Crippen LogP contribution is 2.44. The fourth-order valence-electron chi connectivity index (χ4n) is 2.89. The zero-order valence-corrected chi connectivity index (χ0v) is 14.0. The van der Waals surface area contributed by atoms with Crippen molar-refractivity contribution < 1.29 is 23.8 Å². The predicted octanol–water partition coefficient (Wildman–Crippen LogP) is 3.47. The number of carboxylic acid groups (broad SMARTS) is 1. The Morgan fingerprint density at radius 1 is 1.50 bits per heavy atom. The van der Waals surface area contributed by atoms with Gasteiger partial charge in [0.25, 0.3) is 0 Å². The number of hydrogen-bond acceptors (Lipinski definition) is 5. The number of hydrogen-bond donors (Lipinski definition) is 1. The van der Waals surface area contributed by atoms with Crippen molar-refractivity contribution >= 4 is 23.3 Å². The molecular formula is C17H18ClNO5. The number of carbonyl (C=O) groups is 1. The van der Waals surface area contributed by atoms with Gasteiger partial charge in [-0.05, 0) is 24.6 Å². The van der Waals surface area contributed by atoms with Gasteiger partial charge in [0.05, 0.1) is 30.6 Å². The van der Waals surface area contributed by atoms with Crippen LogP contribution in [-0.2, 0) is 6.42 Å². The van der Waals surface area contributed by atoms with E-state index in [0.29, 0.717) is 24.6 Å². The molecule has 0 saturated heterocycles. The Bertz CT molecular complexity index is 729. The summed E-state index contributed by atoms with van der Waals surface area (Å²) in [5.74, 6) is 0.249. The average molecular weight is 352 g/mol. The molecule has 1 N–H and O–H groups in total. The first-order valence-electron chi connectivity index (χ1n) is 7.65. The van der Waals surface area contributed by atoms with Gasteiger partial charge in [-0.15, -0.1) is 0 Å². The first-order valence-corrected chi connectivity index (χ1v) is 8.03. The van der Waals surface area contributed by atoms with Crippen LogP contribution in [-0.4, -0.2) is 37.9 Å². The van der Waals surface area contributed by atoms with E-state index in [1.54, 1.807) is 12.3 Å². The van der Waals surface area contributed by atoms with Crippen LogP contribution in [0.25, 0.3) is 0 Å². The Morgan fingerprint density at radius 3 is 3.00 bits per heavy atom. The summed E-state index contributed by atoms with van der Waals surface area (Å²) in [6.07, 6.45) is 3.35. The summed E-state index contributed by atoms with van der Waals surface area (Å²) in [5.41, 5.74) is 0.652. The van der Waals surface area contributed by atoms with E-state index in [1.165, 1.54) is 7.11 Å². The second kappa shape index (κ2) is 7.05. The monoisotopic (exact) mass is 351 g/mol. The minimum atomic E-state index is -1.12. The number of rotatable bonds is 6. The molecule has 0 radical (unpaired) electrons. The molecule has 24 heavy (non-hydrogen) atoms. The highest BCUT2D eigenvalue weighted by molar-refractivity contribution is 6.33. The third-order valence-corrected chi connectivity index (χ3v) is 4.25. The van der Waals surface area contributed by atoms with Gasteiger partial charge in [0, 0.05) is 13.0 Å². The van der Waals surface area contributed by atoms with E-state index in [2.05, 4.69) is 4.90 Å². The largest absolute Gasteiger partial charge is 0.494 e. The summed E-state index contributed by atoms with van der Waals surface area (Å²) in [6.45, 7) is 1.84. The molecule has 0 saturated carbocycles. The van der Waals surface area contributed by atoms with Gasteiger partial charge in [-0.2, -0.15) is 0 Å². The van der Waals surface area contributed by atoms with E-state index in [9.17, 15) is 9.90 Å². The van der Waals surface area contributed by atoms with Gasteiger partial charge in [-0.3, -0.25) is 0 Å². The van der Waals surface area contributed by atoms with Crippen molar-refractivity contribution in [3.05, 3.63) is 40.8 Å². The lowest BCUT2D eigenvalue weighted by molar-refractivity contribution is 0.0688. The van der Waals surface area contributed by atoms with Gasteiger partial charge in [0.15, 0.2) is 11.5 Å². The summed E-state index contributed by atoms with van der Waals surface area (Å²) >= 11 is 6.21. The third kappa shape index (κ3) is 3.14. The molecule has 1 aliphatic heterocycles. The van der Waals surface area contributed by atoms with Gasteiger partial charge in [-0.25, -0.2) is 4.79 Å². The summed E-state index contributed by atoms with van der Waals surface area (Å²) in [7, 11) is 1.39. The second-order valence-electron chi connectivity index (χ2n) is 5.44. The van der Waals surface area contributed by atoms with Crippen molar-refractivity contribution in [1.82, 2.24) is 0 Å². The standard InChI is InChI=1S/C17H18ClNO5/c1-22-15-12(18)10-13-16(14(15)17(20)21)24-9-7-19(13)6-2-4-11-5-3-8-23-11/h3,5,8,10H,2,4,6-7,9H2,1H3,(H,20,21). The van der Waals surface area contributed by atoms with Crippen LogP contribution in [0.4, 0.5) is 5.69 Å². The van der Waals surface area contributed by atoms with Crippen molar-refractivity contribution in [2.45, 2.75) is 12.8 Å². The average Bonchev–Trinajstić information content (AvgIpc) is 3.07. The van der Waals surface area contributed by atoms with Crippen molar-refractivity contribution in [2.24, 2.45) is 0 Å². The number of benzene rings is 1. The van der Waals surface area contributed by atoms with E-state index < -0.39 is 5.97 Å². The summed E-state index contributed by atoms with van der Waals surface area (Å²) < 4.78 is 16.1. The molecule has 0 bridgehead atoms. The molecule has 0 aliphatic carbocycles. The molecule has 0 spiro atoms. The maximum atomic E-state index is 11.6. The molecule has 2 heterocycles. The lowest BCUT2D eigenvalue weighted by Gasteiger charge is -2.32. The Kier molecular flexibility index (Phi) is 4.85. The number of aromatic carboxylic acids is 1. The first-order chi connectivity index (χ1) is 11.6. The molecule has 1 aromatic carbocycles. The molecule has 0 unspecified atom stereocenters. The first kappa shape index (κ1) is 16.5. The minimum Gasteiger partial charge on any atom is -0.494 e. The summed E-state index contributed by atoms with van der Waals surface area (Å²) in [4.78, 5) is 13.7. The van der Waals surface area contributed by atoms with Crippen LogP contribution >= 0.6 is 11.6 Å². The number of halogens is 1. The quantitative estimate of drug-likeness (QED) is 0.859. The Balaban J connectivity index is 1.85. The van der Waals surface area contributed by atoms with Gasteiger partial charge >= 0.3 is 5.97 Å². The van der Waals surface area contributed by atoms with Crippen LogP contribution in [0.5, 0.6) is 11.5 Å². The Labute approximate surface area is 144 Å². The number of nitrogens with zero attached hydrogens (tertiary/aromatic N) is 1. The smallest absolute Gasteiger partial charge is 0.343 e. The molecule has 128 valence electrons.